The van der Waals surface area contributed by atoms with Crippen LogP contribution in [0.15, 0.2) is 18.2 Å². The maximum Gasteiger partial charge on any atom is 0.412 e. The third-order valence-corrected chi connectivity index (χ3v) is 1.74. The Morgan fingerprint density at radius 2 is 2.20 bits per heavy atom. The van der Waals surface area contributed by atoms with E-state index in [-0.39, 0.29) is 16.8 Å². The molecule has 0 heterocycles. The molecule has 0 fully saturated rings. The molecule has 1 aromatic carbocycles. The van der Waals surface area contributed by atoms with E-state index in [1.165, 1.54) is 12.1 Å². The summed E-state index contributed by atoms with van der Waals surface area (Å²) in [4.78, 5) is 11.1. The van der Waals surface area contributed by atoms with Crippen molar-refractivity contribution < 1.29 is 13.9 Å². The predicted octanol–water partition coefficient (Wildman–Crippen LogP) is 2.98. The Hall–Kier alpha value is -1.29. The van der Waals surface area contributed by atoms with Gasteiger partial charge in [-0.15, -0.1) is 0 Å². The van der Waals surface area contributed by atoms with Gasteiger partial charge in [-0.3, -0.25) is 0 Å². The van der Waals surface area contributed by atoms with Gasteiger partial charge in [0.25, 0.3) is 0 Å². The molecule has 1 N–H and O–H groups in total. The van der Waals surface area contributed by atoms with Gasteiger partial charge in [0.05, 0.1) is 0 Å². The van der Waals surface area contributed by atoms with Gasteiger partial charge in [-0.05, 0) is 32.0 Å². The van der Waals surface area contributed by atoms with E-state index in [2.05, 4.69) is 5.32 Å². The number of hydrogen-bond donors (Lipinski definition) is 1. The summed E-state index contributed by atoms with van der Waals surface area (Å²) in [5.74, 6) is -0.807. The summed E-state index contributed by atoms with van der Waals surface area (Å²) < 4.78 is 17.9. The van der Waals surface area contributed by atoms with E-state index in [9.17, 15) is 9.18 Å². The van der Waals surface area contributed by atoms with Crippen LogP contribution in [0.3, 0.4) is 0 Å². The fraction of sp³-hybridized carbons (Fsp3) is 0.300. The highest BCUT2D eigenvalue weighted by molar-refractivity contribution is 6.30. The number of amides is 1. The van der Waals surface area contributed by atoms with Crippen LogP contribution in [0.5, 0.6) is 5.75 Å². The number of hydrogen-bond acceptors (Lipinski definition) is 2. The molecule has 0 radical (unpaired) electrons. The average molecular weight is 232 g/mol. The summed E-state index contributed by atoms with van der Waals surface area (Å²) in [6.07, 6.45) is -0.689. The molecular formula is C10H11ClFNO2. The first-order valence-electron chi connectivity index (χ1n) is 4.42. The standard InChI is InChI=1S/C10H11ClFNO2/c1-6(2)13-10(14)15-9-4-3-7(11)5-8(9)12/h3-6H,1-2H3,(H,13,14). The van der Waals surface area contributed by atoms with E-state index in [1.807, 2.05) is 0 Å². The molecule has 0 aliphatic rings. The molecule has 0 saturated carbocycles. The molecule has 0 saturated heterocycles. The van der Waals surface area contributed by atoms with E-state index < -0.39 is 11.9 Å². The Labute approximate surface area is 92.2 Å². The molecule has 1 amide bonds. The third-order valence-electron chi connectivity index (χ3n) is 1.50. The van der Waals surface area contributed by atoms with Crippen molar-refractivity contribution in [2.24, 2.45) is 0 Å². The van der Waals surface area contributed by atoms with E-state index >= 15 is 0 Å². The molecular weight excluding hydrogens is 221 g/mol. The minimum Gasteiger partial charge on any atom is -0.407 e. The number of ether oxygens (including phenoxy) is 1. The number of nitrogens with one attached hydrogen (secondary N) is 1. The summed E-state index contributed by atoms with van der Waals surface area (Å²) in [5, 5.41) is 2.73. The van der Waals surface area contributed by atoms with Crippen molar-refractivity contribution in [1.29, 1.82) is 0 Å². The lowest BCUT2D eigenvalue weighted by Crippen LogP contribution is -2.32. The van der Waals surface area contributed by atoms with Crippen molar-refractivity contribution >= 4 is 17.7 Å². The Balaban J connectivity index is 2.68. The molecule has 0 aliphatic carbocycles. The Kier molecular flexibility index (Phi) is 3.91. The topological polar surface area (TPSA) is 38.3 Å². The zero-order valence-electron chi connectivity index (χ0n) is 8.38. The van der Waals surface area contributed by atoms with Crippen LogP contribution < -0.4 is 10.1 Å². The van der Waals surface area contributed by atoms with Crippen LogP contribution >= 0.6 is 11.6 Å². The van der Waals surface area contributed by atoms with Crippen molar-refractivity contribution in [3.63, 3.8) is 0 Å². The average Bonchev–Trinajstić information content (AvgIpc) is 2.08. The van der Waals surface area contributed by atoms with Crippen LogP contribution in [0.1, 0.15) is 13.8 Å². The summed E-state index contributed by atoms with van der Waals surface area (Å²) in [6, 6.07) is 3.77. The molecule has 3 nitrogen and oxygen atoms in total. The van der Waals surface area contributed by atoms with Gasteiger partial charge in [0.2, 0.25) is 0 Å². The minimum absolute atomic E-state index is 0.0622. The molecule has 0 aromatic heterocycles. The van der Waals surface area contributed by atoms with Gasteiger partial charge >= 0.3 is 6.09 Å². The SMILES string of the molecule is CC(C)NC(=O)Oc1ccc(Cl)cc1F. The molecule has 0 unspecified atom stereocenters. The number of halogens is 2. The van der Waals surface area contributed by atoms with E-state index in [0.29, 0.717) is 0 Å². The van der Waals surface area contributed by atoms with E-state index in [0.717, 1.165) is 6.07 Å². The highest BCUT2D eigenvalue weighted by Crippen LogP contribution is 2.20. The molecule has 1 aromatic rings. The maximum atomic E-state index is 13.2. The number of benzene rings is 1. The number of carbonyl (C=O) groups excluding carboxylic acids is 1. The summed E-state index contributed by atoms with van der Waals surface area (Å²) in [5.41, 5.74) is 0. The first-order chi connectivity index (χ1) is 6.99. The van der Waals surface area contributed by atoms with Gasteiger partial charge in [0.15, 0.2) is 11.6 Å². The fourth-order valence-electron chi connectivity index (χ4n) is 0.923. The largest absolute Gasteiger partial charge is 0.412 e. The van der Waals surface area contributed by atoms with Crippen LogP contribution in [0.2, 0.25) is 5.02 Å². The second-order valence-corrected chi connectivity index (χ2v) is 3.70. The lowest BCUT2D eigenvalue weighted by atomic mass is 10.3. The predicted molar refractivity (Wildman–Crippen MR) is 55.7 cm³/mol. The van der Waals surface area contributed by atoms with Crippen molar-refractivity contribution in [2.75, 3.05) is 0 Å². The summed E-state index contributed by atoms with van der Waals surface area (Å²) in [6.45, 7) is 3.55. The normalized spacial score (nSPS) is 10.2. The lowest BCUT2D eigenvalue weighted by molar-refractivity contribution is 0.195. The number of carbonyl (C=O) groups is 1. The molecule has 5 heteroatoms. The highest BCUT2D eigenvalue weighted by Gasteiger charge is 2.10. The van der Waals surface area contributed by atoms with Crippen molar-refractivity contribution in [3.8, 4) is 5.75 Å². The van der Waals surface area contributed by atoms with Crippen molar-refractivity contribution in [3.05, 3.63) is 29.0 Å². The minimum atomic E-state index is -0.689. The third kappa shape index (κ3) is 3.75. The lowest BCUT2D eigenvalue weighted by Gasteiger charge is -2.09. The van der Waals surface area contributed by atoms with Gasteiger partial charge in [-0.2, -0.15) is 0 Å². The van der Waals surface area contributed by atoms with Crippen LogP contribution in [0, 0.1) is 5.82 Å². The molecule has 0 bridgehead atoms. The monoisotopic (exact) mass is 231 g/mol. The van der Waals surface area contributed by atoms with Crippen LogP contribution in [-0.4, -0.2) is 12.1 Å². The highest BCUT2D eigenvalue weighted by atomic mass is 35.5. The second kappa shape index (κ2) is 4.98. The van der Waals surface area contributed by atoms with Crippen molar-refractivity contribution in [2.45, 2.75) is 19.9 Å². The van der Waals surface area contributed by atoms with Crippen LogP contribution in [0.25, 0.3) is 0 Å². The quantitative estimate of drug-likeness (QED) is 0.850. The molecule has 1 rings (SSSR count). The first-order valence-corrected chi connectivity index (χ1v) is 4.80. The molecule has 0 spiro atoms. The zero-order chi connectivity index (χ0) is 11.4. The number of rotatable bonds is 2. The molecule has 15 heavy (non-hydrogen) atoms. The van der Waals surface area contributed by atoms with E-state index in [1.54, 1.807) is 13.8 Å². The van der Waals surface area contributed by atoms with Crippen LogP contribution in [0.4, 0.5) is 9.18 Å². The summed E-state index contributed by atoms with van der Waals surface area (Å²) in [7, 11) is 0. The molecule has 0 atom stereocenters. The second-order valence-electron chi connectivity index (χ2n) is 3.26. The van der Waals surface area contributed by atoms with Crippen molar-refractivity contribution in [1.82, 2.24) is 5.32 Å². The zero-order valence-corrected chi connectivity index (χ0v) is 9.14. The van der Waals surface area contributed by atoms with Crippen LogP contribution in [-0.2, 0) is 0 Å². The van der Waals surface area contributed by atoms with Gasteiger partial charge < -0.3 is 10.1 Å². The molecule has 82 valence electrons. The first kappa shape index (κ1) is 11.8. The Bertz CT molecular complexity index is 368. The van der Waals surface area contributed by atoms with E-state index in [4.69, 9.17) is 16.3 Å². The Morgan fingerprint density at radius 1 is 1.53 bits per heavy atom. The van der Waals surface area contributed by atoms with Gasteiger partial charge in [-0.1, -0.05) is 11.6 Å². The molecule has 0 aliphatic heterocycles. The maximum absolute atomic E-state index is 13.2. The fourth-order valence-corrected chi connectivity index (χ4v) is 1.08. The summed E-state index contributed by atoms with van der Waals surface area (Å²) >= 11 is 5.54. The van der Waals surface area contributed by atoms with Gasteiger partial charge in [-0.25, -0.2) is 9.18 Å². The smallest absolute Gasteiger partial charge is 0.407 e. The Morgan fingerprint density at radius 3 is 2.73 bits per heavy atom. The van der Waals surface area contributed by atoms with Gasteiger partial charge in [0, 0.05) is 11.1 Å². The van der Waals surface area contributed by atoms with Gasteiger partial charge in [0.1, 0.15) is 0 Å².